The fourth-order valence-electron chi connectivity index (χ4n) is 1.80. The average Bonchev–Trinajstić information content (AvgIpc) is 2.70. The topological polar surface area (TPSA) is 17.0 Å². The highest BCUT2D eigenvalue weighted by Crippen LogP contribution is 2.21. The fraction of sp³-hybridized carbons (Fsp3) is 0.692. The van der Waals surface area contributed by atoms with Crippen molar-refractivity contribution in [2.45, 2.75) is 51.9 Å². The van der Waals surface area contributed by atoms with Gasteiger partial charge >= 0.3 is 6.18 Å². The summed E-state index contributed by atoms with van der Waals surface area (Å²) in [6.45, 7) is 4.49. The van der Waals surface area contributed by atoms with Crippen molar-refractivity contribution in [3.63, 3.8) is 0 Å². The molecule has 2 nitrogen and oxygen atoms in total. The lowest BCUT2D eigenvalue weighted by Crippen LogP contribution is -2.15. The average molecular weight is 262 g/mol. The number of unbranched alkanes of at least 4 members (excludes halogenated alkanes) is 1. The molecule has 0 atom stereocenters. The third-order valence-corrected chi connectivity index (χ3v) is 2.69. The molecule has 1 aromatic rings. The summed E-state index contributed by atoms with van der Waals surface area (Å²) in [5.41, 5.74) is 1.18. The van der Waals surface area contributed by atoms with Gasteiger partial charge in [0.2, 0.25) is 0 Å². The molecule has 0 radical (unpaired) electrons. The molecular formula is C13H21F3N2. The summed E-state index contributed by atoms with van der Waals surface area (Å²) in [4.78, 5) is 0. The Labute approximate surface area is 106 Å². The van der Waals surface area contributed by atoms with Gasteiger partial charge in [-0.1, -0.05) is 6.92 Å². The van der Waals surface area contributed by atoms with E-state index in [1.807, 2.05) is 12.3 Å². The first-order chi connectivity index (χ1) is 8.51. The second kappa shape index (κ2) is 7.46. The molecule has 0 spiro atoms. The van der Waals surface area contributed by atoms with E-state index in [0.717, 1.165) is 19.5 Å². The minimum Gasteiger partial charge on any atom is -0.354 e. The summed E-state index contributed by atoms with van der Waals surface area (Å²) in [6.07, 6.45) is 1.27. The molecule has 0 saturated heterocycles. The van der Waals surface area contributed by atoms with Crippen molar-refractivity contribution >= 4 is 0 Å². The normalized spacial score (nSPS) is 12.0. The van der Waals surface area contributed by atoms with Crippen LogP contribution >= 0.6 is 0 Å². The van der Waals surface area contributed by atoms with Gasteiger partial charge < -0.3 is 9.88 Å². The number of halogens is 3. The second-order valence-electron chi connectivity index (χ2n) is 4.51. The van der Waals surface area contributed by atoms with Crippen LogP contribution < -0.4 is 5.32 Å². The lowest BCUT2D eigenvalue weighted by atomic mass is 10.2. The molecule has 5 heteroatoms. The van der Waals surface area contributed by atoms with Gasteiger partial charge in [-0.3, -0.25) is 0 Å². The van der Waals surface area contributed by atoms with E-state index in [2.05, 4.69) is 23.0 Å². The molecule has 0 bridgehead atoms. The monoisotopic (exact) mass is 262 g/mol. The molecule has 1 N–H and O–H groups in total. The van der Waals surface area contributed by atoms with Crippen LogP contribution in [0.2, 0.25) is 0 Å². The highest BCUT2D eigenvalue weighted by atomic mass is 19.4. The van der Waals surface area contributed by atoms with Gasteiger partial charge in [0.25, 0.3) is 0 Å². The number of nitrogens with zero attached hydrogens (tertiary/aromatic N) is 1. The zero-order valence-corrected chi connectivity index (χ0v) is 10.8. The van der Waals surface area contributed by atoms with Crippen molar-refractivity contribution < 1.29 is 13.2 Å². The van der Waals surface area contributed by atoms with E-state index < -0.39 is 12.6 Å². The van der Waals surface area contributed by atoms with Crippen molar-refractivity contribution in [3.05, 3.63) is 24.0 Å². The van der Waals surface area contributed by atoms with Gasteiger partial charge in [0.05, 0.1) is 0 Å². The third kappa shape index (κ3) is 6.69. The Morgan fingerprint density at radius 2 is 2.06 bits per heavy atom. The Kier molecular flexibility index (Phi) is 6.25. The number of alkyl halides is 3. The van der Waals surface area contributed by atoms with E-state index in [9.17, 15) is 13.2 Å². The number of hydrogen-bond donors (Lipinski definition) is 1. The maximum atomic E-state index is 11.9. The van der Waals surface area contributed by atoms with Gasteiger partial charge in [0.15, 0.2) is 0 Å². The quantitative estimate of drug-likeness (QED) is 0.706. The van der Waals surface area contributed by atoms with Crippen molar-refractivity contribution in [2.75, 3.05) is 6.54 Å². The van der Waals surface area contributed by atoms with E-state index in [4.69, 9.17) is 0 Å². The summed E-state index contributed by atoms with van der Waals surface area (Å²) >= 11 is 0. The van der Waals surface area contributed by atoms with Crippen molar-refractivity contribution in [1.29, 1.82) is 0 Å². The van der Waals surface area contributed by atoms with Crippen LogP contribution in [-0.2, 0) is 13.1 Å². The molecule has 0 unspecified atom stereocenters. The molecule has 0 fully saturated rings. The summed E-state index contributed by atoms with van der Waals surface area (Å²) < 4.78 is 37.8. The van der Waals surface area contributed by atoms with E-state index in [-0.39, 0.29) is 6.42 Å². The van der Waals surface area contributed by atoms with Crippen molar-refractivity contribution in [2.24, 2.45) is 0 Å². The number of nitrogens with one attached hydrogen (secondary N) is 1. The van der Waals surface area contributed by atoms with Crippen LogP contribution in [0.4, 0.5) is 13.2 Å². The number of aryl methyl sites for hydroxylation is 1. The minimum absolute atomic E-state index is 0.202. The molecule has 0 aliphatic carbocycles. The van der Waals surface area contributed by atoms with Gasteiger partial charge in [-0.2, -0.15) is 13.2 Å². The number of rotatable bonds is 8. The van der Waals surface area contributed by atoms with Gasteiger partial charge in [-0.15, -0.1) is 0 Å². The fourth-order valence-corrected chi connectivity index (χ4v) is 1.80. The Hall–Kier alpha value is -0.970. The zero-order chi connectivity index (χ0) is 13.4. The molecule has 1 heterocycles. The lowest BCUT2D eigenvalue weighted by molar-refractivity contribution is -0.135. The van der Waals surface area contributed by atoms with E-state index >= 15 is 0 Å². The molecule has 1 rings (SSSR count). The summed E-state index contributed by atoms with van der Waals surface area (Å²) in [5, 5.41) is 3.16. The van der Waals surface area contributed by atoms with E-state index in [1.165, 1.54) is 5.56 Å². The smallest absolute Gasteiger partial charge is 0.354 e. The van der Waals surface area contributed by atoms with Crippen molar-refractivity contribution in [1.82, 2.24) is 9.88 Å². The second-order valence-corrected chi connectivity index (χ2v) is 4.51. The first kappa shape index (κ1) is 15.1. The van der Waals surface area contributed by atoms with Crippen molar-refractivity contribution in [3.8, 4) is 0 Å². The van der Waals surface area contributed by atoms with Crippen LogP contribution in [0, 0.1) is 0 Å². The molecule has 104 valence electrons. The summed E-state index contributed by atoms with van der Waals surface area (Å²) in [5.74, 6) is 0. The maximum absolute atomic E-state index is 11.9. The van der Waals surface area contributed by atoms with E-state index in [1.54, 1.807) is 0 Å². The predicted molar refractivity (Wildman–Crippen MR) is 66.3 cm³/mol. The molecule has 0 amide bonds. The molecule has 1 aromatic heterocycles. The summed E-state index contributed by atoms with van der Waals surface area (Å²) in [7, 11) is 0. The third-order valence-electron chi connectivity index (χ3n) is 2.69. The van der Waals surface area contributed by atoms with Crippen LogP contribution in [-0.4, -0.2) is 17.3 Å². The SMILES string of the molecule is CCCn1ccc(CNCCCCC(F)(F)F)c1. The van der Waals surface area contributed by atoms with Gasteiger partial charge in [-0.25, -0.2) is 0 Å². The van der Waals surface area contributed by atoms with Gasteiger partial charge in [-0.05, 0) is 37.4 Å². The zero-order valence-electron chi connectivity index (χ0n) is 10.8. The Bertz CT molecular complexity index is 331. The first-order valence-corrected chi connectivity index (χ1v) is 6.43. The van der Waals surface area contributed by atoms with E-state index in [0.29, 0.717) is 13.0 Å². The largest absolute Gasteiger partial charge is 0.389 e. The Balaban J connectivity index is 2.07. The predicted octanol–water partition coefficient (Wildman–Crippen LogP) is 3.72. The standard InChI is InChI=1S/C13H21F3N2/c1-2-8-18-9-5-12(11-18)10-17-7-4-3-6-13(14,15)16/h5,9,11,17H,2-4,6-8,10H2,1H3. The highest BCUT2D eigenvalue weighted by Gasteiger charge is 2.25. The van der Waals surface area contributed by atoms with Crippen LogP contribution in [0.5, 0.6) is 0 Å². The first-order valence-electron chi connectivity index (χ1n) is 6.43. The maximum Gasteiger partial charge on any atom is 0.389 e. The molecule has 0 aliphatic heterocycles. The number of hydrogen-bond acceptors (Lipinski definition) is 1. The molecule has 0 saturated carbocycles. The van der Waals surface area contributed by atoms with Crippen LogP contribution in [0.15, 0.2) is 18.5 Å². The Morgan fingerprint density at radius 3 is 2.72 bits per heavy atom. The van der Waals surface area contributed by atoms with Crippen LogP contribution in [0.1, 0.15) is 38.2 Å². The van der Waals surface area contributed by atoms with Crippen LogP contribution in [0.3, 0.4) is 0 Å². The molecular weight excluding hydrogens is 241 g/mol. The highest BCUT2D eigenvalue weighted by molar-refractivity contribution is 5.09. The number of aromatic nitrogens is 1. The Morgan fingerprint density at radius 1 is 1.28 bits per heavy atom. The van der Waals surface area contributed by atoms with Gasteiger partial charge in [0.1, 0.15) is 0 Å². The molecule has 0 aliphatic rings. The molecule has 0 aromatic carbocycles. The molecule has 18 heavy (non-hydrogen) atoms. The summed E-state index contributed by atoms with van der Waals surface area (Å²) in [6, 6.07) is 2.04. The minimum atomic E-state index is -4.02. The van der Waals surface area contributed by atoms with Gasteiger partial charge in [0, 0.05) is 31.9 Å². The van der Waals surface area contributed by atoms with Crippen LogP contribution in [0.25, 0.3) is 0 Å². The lowest BCUT2D eigenvalue weighted by Gasteiger charge is -2.06.